The Kier molecular flexibility index (Phi) is 3.25. The van der Waals surface area contributed by atoms with Crippen molar-refractivity contribution >= 4 is 17.4 Å². The van der Waals surface area contributed by atoms with E-state index >= 15 is 0 Å². The number of nitrogens with two attached hydrogens (primary N) is 1. The van der Waals surface area contributed by atoms with E-state index in [1.165, 1.54) is 17.8 Å². The third-order valence-electron chi connectivity index (χ3n) is 1.33. The molecular formula is C8H11NO2S. The summed E-state index contributed by atoms with van der Waals surface area (Å²) in [7, 11) is 0. The maximum Gasteiger partial charge on any atom is 0.131 e. The van der Waals surface area contributed by atoms with E-state index in [-0.39, 0.29) is 12.4 Å². The monoisotopic (exact) mass is 185 g/mol. The predicted molar refractivity (Wildman–Crippen MR) is 50.3 cm³/mol. The summed E-state index contributed by atoms with van der Waals surface area (Å²) < 4.78 is 0. The van der Waals surface area contributed by atoms with Crippen LogP contribution in [0.4, 0.5) is 5.69 Å². The van der Waals surface area contributed by atoms with E-state index in [9.17, 15) is 5.11 Å². The summed E-state index contributed by atoms with van der Waals surface area (Å²) in [4.78, 5) is 0.748. The fourth-order valence-electron chi connectivity index (χ4n) is 0.812. The van der Waals surface area contributed by atoms with E-state index in [2.05, 4.69) is 0 Å². The second-order valence-electron chi connectivity index (χ2n) is 2.30. The van der Waals surface area contributed by atoms with Crippen molar-refractivity contribution in [3.05, 3.63) is 18.2 Å². The fourth-order valence-corrected chi connectivity index (χ4v) is 1.49. The molecule has 1 aromatic carbocycles. The first-order valence-electron chi connectivity index (χ1n) is 3.56. The Bertz CT molecular complexity index is 265. The summed E-state index contributed by atoms with van der Waals surface area (Å²) in [6, 6.07) is 4.96. The van der Waals surface area contributed by atoms with Gasteiger partial charge in [0, 0.05) is 22.4 Å². The lowest BCUT2D eigenvalue weighted by molar-refractivity contribution is 0.322. The van der Waals surface area contributed by atoms with Crippen LogP contribution in [0.1, 0.15) is 0 Å². The molecule has 1 rings (SSSR count). The van der Waals surface area contributed by atoms with Gasteiger partial charge in [-0.25, -0.2) is 0 Å². The molecule has 0 amide bonds. The zero-order valence-electron chi connectivity index (χ0n) is 6.53. The normalized spacial score (nSPS) is 10.1. The molecule has 0 heterocycles. The molecule has 12 heavy (non-hydrogen) atoms. The Hall–Kier alpha value is -0.870. The summed E-state index contributed by atoms with van der Waals surface area (Å²) in [5, 5.41) is 17.9. The van der Waals surface area contributed by atoms with Crippen LogP contribution in [0.2, 0.25) is 0 Å². The Labute approximate surface area is 75.2 Å². The van der Waals surface area contributed by atoms with Crippen molar-refractivity contribution in [1.82, 2.24) is 0 Å². The van der Waals surface area contributed by atoms with Gasteiger partial charge < -0.3 is 15.9 Å². The number of aliphatic hydroxyl groups excluding tert-OH is 1. The third kappa shape index (κ3) is 2.32. The van der Waals surface area contributed by atoms with Crippen molar-refractivity contribution < 1.29 is 10.2 Å². The van der Waals surface area contributed by atoms with Gasteiger partial charge in [0.2, 0.25) is 0 Å². The van der Waals surface area contributed by atoms with Gasteiger partial charge in [-0.15, -0.1) is 11.8 Å². The van der Waals surface area contributed by atoms with Crippen molar-refractivity contribution in [2.24, 2.45) is 0 Å². The van der Waals surface area contributed by atoms with Crippen LogP contribution in [-0.4, -0.2) is 22.6 Å². The minimum atomic E-state index is 0.106. The number of phenolic OH excluding ortho intramolecular Hbond substituents is 1. The molecule has 0 aliphatic carbocycles. The van der Waals surface area contributed by atoms with Crippen molar-refractivity contribution in [3.8, 4) is 5.75 Å². The van der Waals surface area contributed by atoms with E-state index < -0.39 is 0 Å². The third-order valence-corrected chi connectivity index (χ3v) is 2.37. The molecular weight excluding hydrogens is 174 g/mol. The van der Waals surface area contributed by atoms with Crippen molar-refractivity contribution in [2.45, 2.75) is 4.90 Å². The van der Waals surface area contributed by atoms with Crippen LogP contribution < -0.4 is 5.73 Å². The van der Waals surface area contributed by atoms with Crippen LogP contribution in [-0.2, 0) is 0 Å². The number of hydrogen-bond donors (Lipinski definition) is 3. The van der Waals surface area contributed by atoms with E-state index in [0.29, 0.717) is 11.4 Å². The molecule has 0 spiro atoms. The predicted octanol–water partition coefficient (Wildman–Crippen LogP) is 1.06. The maximum absolute atomic E-state index is 9.34. The van der Waals surface area contributed by atoms with E-state index in [0.717, 1.165) is 4.90 Å². The maximum atomic E-state index is 9.34. The molecule has 1 aromatic rings. The standard InChI is InChI=1S/C8H11NO2S/c9-6-1-2-8(7(11)5-6)12-4-3-10/h1-2,5,10-11H,3-4,9H2. The molecule has 0 aliphatic heterocycles. The van der Waals surface area contributed by atoms with Crippen molar-refractivity contribution in [2.75, 3.05) is 18.1 Å². The lowest BCUT2D eigenvalue weighted by Gasteiger charge is -2.03. The number of hydrogen-bond acceptors (Lipinski definition) is 4. The van der Waals surface area contributed by atoms with E-state index in [1.807, 2.05) is 0 Å². The molecule has 4 N–H and O–H groups in total. The molecule has 0 fully saturated rings. The minimum Gasteiger partial charge on any atom is -0.507 e. The van der Waals surface area contributed by atoms with Gasteiger partial charge in [0.15, 0.2) is 0 Å². The zero-order valence-corrected chi connectivity index (χ0v) is 7.34. The number of phenols is 1. The first-order chi connectivity index (χ1) is 5.74. The van der Waals surface area contributed by atoms with Crippen LogP contribution in [0.3, 0.4) is 0 Å². The summed E-state index contributed by atoms with van der Waals surface area (Å²) in [5.74, 6) is 0.755. The smallest absolute Gasteiger partial charge is 0.131 e. The second-order valence-corrected chi connectivity index (χ2v) is 3.44. The Morgan fingerprint density at radius 1 is 1.42 bits per heavy atom. The number of benzene rings is 1. The topological polar surface area (TPSA) is 66.5 Å². The Morgan fingerprint density at radius 3 is 2.75 bits per heavy atom. The van der Waals surface area contributed by atoms with Crippen LogP contribution in [0, 0.1) is 0 Å². The molecule has 4 heteroatoms. The highest BCUT2D eigenvalue weighted by atomic mass is 32.2. The quantitative estimate of drug-likeness (QED) is 0.486. The van der Waals surface area contributed by atoms with Crippen LogP contribution in [0.25, 0.3) is 0 Å². The van der Waals surface area contributed by atoms with Crippen molar-refractivity contribution in [3.63, 3.8) is 0 Å². The molecule has 0 bridgehead atoms. The number of nitrogen functional groups attached to an aromatic ring is 1. The van der Waals surface area contributed by atoms with E-state index in [4.69, 9.17) is 10.8 Å². The van der Waals surface area contributed by atoms with Gasteiger partial charge in [-0.1, -0.05) is 0 Å². The number of rotatable bonds is 3. The van der Waals surface area contributed by atoms with Crippen LogP contribution in [0.5, 0.6) is 5.75 Å². The molecule has 0 saturated heterocycles. The molecule has 0 aromatic heterocycles. The highest BCUT2D eigenvalue weighted by Crippen LogP contribution is 2.29. The second kappa shape index (κ2) is 4.23. The van der Waals surface area contributed by atoms with Gasteiger partial charge in [0.1, 0.15) is 5.75 Å². The van der Waals surface area contributed by atoms with Gasteiger partial charge in [-0.3, -0.25) is 0 Å². The number of aliphatic hydroxyl groups is 1. The van der Waals surface area contributed by atoms with Gasteiger partial charge >= 0.3 is 0 Å². The average Bonchev–Trinajstić information content (AvgIpc) is 2.03. The summed E-state index contributed by atoms with van der Waals surface area (Å²) in [5.41, 5.74) is 5.98. The molecule has 0 saturated carbocycles. The molecule has 0 aliphatic rings. The molecule has 66 valence electrons. The van der Waals surface area contributed by atoms with E-state index in [1.54, 1.807) is 12.1 Å². The Morgan fingerprint density at radius 2 is 2.17 bits per heavy atom. The fraction of sp³-hybridized carbons (Fsp3) is 0.250. The Balaban J connectivity index is 2.72. The molecule has 0 atom stereocenters. The number of thioether (sulfide) groups is 1. The zero-order chi connectivity index (χ0) is 8.97. The van der Waals surface area contributed by atoms with Crippen LogP contribution >= 0.6 is 11.8 Å². The largest absolute Gasteiger partial charge is 0.507 e. The number of aromatic hydroxyl groups is 1. The van der Waals surface area contributed by atoms with Gasteiger partial charge in [-0.2, -0.15) is 0 Å². The first-order valence-corrected chi connectivity index (χ1v) is 4.54. The minimum absolute atomic E-state index is 0.106. The van der Waals surface area contributed by atoms with Crippen LogP contribution in [0.15, 0.2) is 23.1 Å². The van der Waals surface area contributed by atoms with Gasteiger partial charge in [0.25, 0.3) is 0 Å². The lowest BCUT2D eigenvalue weighted by atomic mass is 10.3. The summed E-state index contributed by atoms with van der Waals surface area (Å²) >= 11 is 1.40. The summed E-state index contributed by atoms with van der Waals surface area (Å²) in [6.07, 6.45) is 0. The number of anilines is 1. The highest BCUT2D eigenvalue weighted by Gasteiger charge is 2.00. The van der Waals surface area contributed by atoms with Gasteiger partial charge in [0.05, 0.1) is 6.61 Å². The molecule has 0 unspecified atom stereocenters. The van der Waals surface area contributed by atoms with Gasteiger partial charge in [-0.05, 0) is 12.1 Å². The van der Waals surface area contributed by atoms with Crippen molar-refractivity contribution in [1.29, 1.82) is 0 Å². The highest BCUT2D eigenvalue weighted by molar-refractivity contribution is 7.99. The molecule has 3 nitrogen and oxygen atoms in total. The molecule has 0 radical (unpaired) electrons. The SMILES string of the molecule is Nc1ccc(SCCO)c(O)c1. The summed E-state index contributed by atoms with van der Waals surface area (Å²) in [6.45, 7) is 0.106. The first kappa shape index (κ1) is 9.22. The average molecular weight is 185 g/mol. The lowest BCUT2D eigenvalue weighted by Crippen LogP contribution is -1.87.